The van der Waals surface area contributed by atoms with Crippen molar-refractivity contribution in [3.8, 4) is 11.3 Å². The minimum Gasteiger partial charge on any atom is -0.356 e. The van der Waals surface area contributed by atoms with Crippen molar-refractivity contribution in [1.29, 1.82) is 0 Å². The highest BCUT2D eigenvalue weighted by molar-refractivity contribution is 5.64. The highest BCUT2D eigenvalue weighted by Gasteiger charge is 2.40. The summed E-state index contributed by atoms with van der Waals surface area (Å²) < 4.78 is 11.7. The third-order valence-corrected chi connectivity index (χ3v) is 5.11. The molecule has 1 aromatic heterocycles. The van der Waals surface area contributed by atoms with Crippen LogP contribution in [0.25, 0.3) is 11.3 Å². The number of ether oxygens (including phenoxy) is 2. The second-order valence-corrected chi connectivity index (χ2v) is 7.67. The van der Waals surface area contributed by atoms with Gasteiger partial charge in [-0.25, -0.2) is 4.98 Å². The molecule has 0 amide bonds. The summed E-state index contributed by atoms with van der Waals surface area (Å²) in [5, 5.41) is 3.38. The van der Waals surface area contributed by atoms with Crippen LogP contribution in [0.15, 0.2) is 36.4 Å². The number of hydrogen-bond donors (Lipinski definition) is 1. The molecule has 2 fully saturated rings. The molecule has 0 unspecified atom stereocenters. The molecule has 0 aliphatic carbocycles. The molecule has 4 rings (SSSR count). The van der Waals surface area contributed by atoms with Crippen LogP contribution in [0, 0.1) is 5.92 Å². The van der Waals surface area contributed by atoms with Gasteiger partial charge in [-0.1, -0.05) is 44.2 Å². The van der Waals surface area contributed by atoms with Gasteiger partial charge < -0.3 is 19.7 Å². The van der Waals surface area contributed by atoms with Crippen LogP contribution in [0.1, 0.15) is 26.7 Å². The molecular weight excluding hydrogens is 340 g/mol. The van der Waals surface area contributed by atoms with Gasteiger partial charge in [-0.05, 0) is 5.92 Å². The van der Waals surface area contributed by atoms with Gasteiger partial charge in [0.15, 0.2) is 5.79 Å². The summed E-state index contributed by atoms with van der Waals surface area (Å²) in [5.41, 5.74) is 2.05. The van der Waals surface area contributed by atoms with Crippen LogP contribution in [0.3, 0.4) is 0 Å². The van der Waals surface area contributed by atoms with Gasteiger partial charge in [-0.3, -0.25) is 0 Å². The highest BCUT2D eigenvalue weighted by Crippen LogP contribution is 2.33. The molecule has 2 aromatic rings. The molecule has 6 heteroatoms. The van der Waals surface area contributed by atoms with Gasteiger partial charge in [0, 0.05) is 44.1 Å². The van der Waals surface area contributed by atoms with Crippen LogP contribution in [0.4, 0.5) is 11.8 Å². The fourth-order valence-corrected chi connectivity index (χ4v) is 3.59. The predicted octanol–water partition coefficient (Wildman–Crippen LogP) is 3.55. The van der Waals surface area contributed by atoms with Crippen molar-refractivity contribution >= 4 is 11.8 Å². The zero-order valence-electron chi connectivity index (χ0n) is 16.1. The summed E-state index contributed by atoms with van der Waals surface area (Å²) in [6.07, 6.45) is 1.73. The molecular formula is C21H28N4O2. The Balaban J connectivity index is 1.58. The lowest BCUT2D eigenvalue weighted by atomic mass is 10.0. The Labute approximate surface area is 160 Å². The van der Waals surface area contributed by atoms with Crippen molar-refractivity contribution < 1.29 is 9.47 Å². The normalized spacial score (nSPS) is 19.0. The Kier molecular flexibility index (Phi) is 5.27. The van der Waals surface area contributed by atoms with Crippen LogP contribution >= 0.6 is 0 Å². The fourth-order valence-electron chi connectivity index (χ4n) is 3.59. The smallest absolute Gasteiger partial charge is 0.225 e. The van der Waals surface area contributed by atoms with Gasteiger partial charge >= 0.3 is 0 Å². The van der Waals surface area contributed by atoms with Gasteiger partial charge in [0.2, 0.25) is 5.95 Å². The first kappa shape index (κ1) is 18.2. The number of anilines is 2. The Hall–Kier alpha value is -2.18. The van der Waals surface area contributed by atoms with Crippen LogP contribution in [0.5, 0.6) is 0 Å². The van der Waals surface area contributed by atoms with E-state index in [1.54, 1.807) is 0 Å². The standard InChI is InChI=1S/C21H28N4O2/c1-16(2)15-22-20-23-18(17-6-4-3-5-7-17)14-19(24-20)25-10-8-21(9-11-25)26-12-13-27-21/h3-7,14,16H,8-13,15H2,1-2H3,(H,22,23,24). The van der Waals surface area contributed by atoms with E-state index in [4.69, 9.17) is 19.4 Å². The molecule has 2 aliphatic heterocycles. The molecule has 1 N–H and O–H groups in total. The van der Waals surface area contributed by atoms with Gasteiger partial charge in [0.1, 0.15) is 5.82 Å². The van der Waals surface area contributed by atoms with Crippen molar-refractivity contribution in [2.45, 2.75) is 32.5 Å². The van der Waals surface area contributed by atoms with Gasteiger partial charge in [-0.15, -0.1) is 0 Å². The molecule has 0 saturated carbocycles. The van der Waals surface area contributed by atoms with Crippen LogP contribution in [-0.2, 0) is 9.47 Å². The molecule has 144 valence electrons. The molecule has 2 saturated heterocycles. The van der Waals surface area contributed by atoms with Gasteiger partial charge in [0.05, 0.1) is 18.9 Å². The third-order valence-electron chi connectivity index (χ3n) is 5.11. The van der Waals surface area contributed by atoms with Crippen molar-refractivity contribution in [3.63, 3.8) is 0 Å². The molecule has 3 heterocycles. The van der Waals surface area contributed by atoms with E-state index in [2.05, 4.69) is 42.3 Å². The monoisotopic (exact) mass is 368 g/mol. The summed E-state index contributed by atoms with van der Waals surface area (Å²) in [6, 6.07) is 12.4. The predicted molar refractivity (Wildman–Crippen MR) is 107 cm³/mol. The minimum atomic E-state index is -0.371. The van der Waals surface area contributed by atoms with E-state index in [1.165, 1.54) is 0 Å². The summed E-state index contributed by atoms with van der Waals surface area (Å²) in [7, 11) is 0. The molecule has 0 radical (unpaired) electrons. The second-order valence-electron chi connectivity index (χ2n) is 7.67. The van der Waals surface area contributed by atoms with E-state index in [9.17, 15) is 0 Å². The van der Waals surface area contributed by atoms with E-state index in [0.717, 1.165) is 49.6 Å². The fraction of sp³-hybridized carbons (Fsp3) is 0.524. The number of hydrogen-bond acceptors (Lipinski definition) is 6. The highest BCUT2D eigenvalue weighted by atomic mass is 16.7. The van der Waals surface area contributed by atoms with Gasteiger partial charge in [-0.2, -0.15) is 4.98 Å². The van der Waals surface area contributed by atoms with Crippen molar-refractivity contribution in [2.75, 3.05) is 43.1 Å². The van der Waals surface area contributed by atoms with E-state index in [0.29, 0.717) is 25.1 Å². The maximum absolute atomic E-state index is 5.85. The summed E-state index contributed by atoms with van der Waals surface area (Å²) in [5.74, 6) is 1.81. The number of benzene rings is 1. The quantitative estimate of drug-likeness (QED) is 0.871. The summed E-state index contributed by atoms with van der Waals surface area (Å²) in [6.45, 7) is 8.36. The van der Waals surface area contributed by atoms with E-state index in [-0.39, 0.29) is 5.79 Å². The topological polar surface area (TPSA) is 59.5 Å². The number of piperidine rings is 1. The average Bonchev–Trinajstić information content (AvgIpc) is 3.15. The number of aromatic nitrogens is 2. The van der Waals surface area contributed by atoms with Crippen LogP contribution in [0.2, 0.25) is 0 Å². The lowest BCUT2D eigenvalue weighted by molar-refractivity contribution is -0.169. The van der Waals surface area contributed by atoms with Crippen molar-refractivity contribution in [1.82, 2.24) is 9.97 Å². The molecule has 0 atom stereocenters. The Bertz CT molecular complexity index is 750. The minimum absolute atomic E-state index is 0.371. The second kappa shape index (κ2) is 7.82. The SMILES string of the molecule is CC(C)CNc1nc(-c2ccccc2)cc(N2CCC3(CC2)OCCO3)n1. The zero-order valence-corrected chi connectivity index (χ0v) is 16.1. The molecule has 6 nitrogen and oxygen atoms in total. The summed E-state index contributed by atoms with van der Waals surface area (Å²) in [4.78, 5) is 11.8. The average molecular weight is 368 g/mol. The van der Waals surface area contributed by atoms with Crippen molar-refractivity contribution in [3.05, 3.63) is 36.4 Å². The summed E-state index contributed by atoms with van der Waals surface area (Å²) >= 11 is 0. The van der Waals surface area contributed by atoms with Gasteiger partial charge in [0.25, 0.3) is 0 Å². The Morgan fingerprint density at radius 1 is 1.07 bits per heavy atom. The number of nitrogens with one attached hydrogen (secondary N) is 1. The van der Waals surface area contributed by atoms with E-state index >= 15 is 0 Å². The van der Waals surface area contributed by atoms with E-state index < -0.39 is 0 Å². The first-order chi connectivity index (χ1) is 13.1. The maximum atomic E-state index is 5.85. The molecule has 27 heavy (non-hydrogen) atoms. The Morgan fingerprint density at radius 2 is 1.78 bits per heavy atom. The van der Waals surface area contributed by atoms with Crippen molar-refractivity contribution in [2.24, 2.45) is 5.92 Å². The van der Waals surface area contributed by atoms with E-state index in [1.807, 2.05) is 18.2 Å². The largest absolute Gasteiger partial charge is 0.356 e. The number of nitrogens with zero attached hydrogens (tertiary/aromatic N) is 3. The number of rotatable bonds is 5. The lowest BCUT2D eigenvalue weighted by Gasteiger charge is -2.38. The maximum Gasteiger partial charge on any atom is 0.225 e. The molecule has 1 aromatic carbocycles. The Morgan fingerprint density at radius 3 is 2.44 bits per heavy atom. The van der Waals surface area contributed by atoms with Crippen LogP contribution < -0.4 is 10.2 Å². The van der Waals surface area contributed by atoms with Crippen LogP contribution in [-0.4, -0.2) is 48.6 Å². The first-order valence-corrected chi connectivity index (χ1v) is 9.85. The molecule has 2 aliphatic rings. The lowest BCUT2D eigenvalue weighted by Crippen LogP contribution is -2.45. The zero-order chi connectivity index (χ0) is 18.7. The molecule has 1 spiro atoms. The first-order valence-electron chi connectivity index (χ1n) is 9.85. The molecule has 0 bridgehead atoms. The third kappa shape index (κ3) is 4.22.